The molecule has 0 spiro atoms. The molecule has 0 saturated carbocycles. The predicted molar refractivity (Wildman–Crippen MR) is 186 cm³/mol. The number of carbonyl (C=O) groups is 4. The highest BCUT2D eigenvalue weighted by molar-refractivity contribution is 5.98. The number of Topliss-reactive ketones (excluding diaryl/α,β-unsaturated/α-hetero) is 1. The number of nitrogens with one attached hydrogen (secondary N) is 3. The number of hydrogen-bond acceptors (Lipinski definition) is 8. The van der Waals surface area contributed by atoms with Crippen LogP contribution in [-0.2, 0) is 41.5 Å². The molecule has 2 aliphatic rings. The van der Waals surface area contributed by atoms with E-state index >= 15 is 0 Å². The lowest BCUT2D eigenvalue weighted by molar-refractivity contribution is -0.134. The zero-order valence-corrected chi connectivity index (χ0v) is 28.8. The minimum absolute atomic E-state index is 0.123. The Bertz CT molecular complexity index is 1610. The van der Waals surface area contributed by atoms with E-state index in [0.29, 0.717) is 45.1 Å². The van der Waals surface area contributed by atoms with E-state index in [1.54, 1.807) is 26.2 Å². The monoisotopic (exact) mass is 672 g/mol. The summed E-state index contributed by atoms with van der Waals surface area (Å²) in [6.07, 6.45) is 0.789. The molecule has 2 heterocycles. The molecule has 3 aromatic rings. The molecule has 0 aliphatic carbocycles. The van der Waals surface area contributed by atoms with Gasteiger partial charge in [-0.25, -0.2) is 0 Å². The Morgan fingerprint density at radius 1 is 0.837 bits per heavy atom. The third-order valence-corrected chi connectivity index (χ3v) is 9.10. The number of carbonyl (C=O) groups excluding carboxylic acids is 4. The quantitative estimate of drug-likeness (QED) is 0.198. The number of fused-ring (bicyclic) bond motifs is 1. The van der Waals surface area contributed by atoms with E-state index in [4.69, 9.17) is 14.2 Å². The van der Waals surface area contributed by atoms with Gasteiger partial charge in [0.1, 0.15) is 23.4 Å². The molecule has 0 bridgehead atoms. The van der Waals surface area contributed by atoms with Gasteiger partial charge < -0.3 is 30.2 Å². The molecule has 2 fully saturated rings. The molecule has 2 aliphatic heterocycles. The smallest absolute Gasteiger partial charge is 0.243 e. The fourth-order valence-corrected chi connectivity index (χ4v) is 6.18. The number of morpholine rings is 1. The van der Waals surface area contributed by atoms with Gasteiger partial charge in [-0.2, -0.15) is 0 Å². The van der Waals surface area contributed by atoms with Gasteiger partial charge in [-0.1, -0.05) is 68.4 Å². The molecule has 49 heavy (non-hydrogen) atoms. The molecule has 3 N–H and O–H groups in total. The first-order chi connectivity index (χ1) is 23.5. The Balaban J connectivity index is 1.40. The number of hydrogen-bond donors (Lipinski definition) is 3. The standard InChI is InChI=1S/C38H48N4O7/c1-25(2)20-31(35(44)38(3)24-49-38)40-36(45)32(21-26-12-14-29(47-4)15-13-26)41-37(46)33(39-34(43)23-42-16-18-48-19-17-42)22-28-10-7-9-27-8-5-6-11-30(27)28/h5-15,25,31-33H,16-24H2,1-4H3,(H,39,43)(H,40,45)(H,41,46)/t31-,32-,33-,38+/m0/s1. The molecular formula is C38H48N4O7. The summed E-state index contributed by atoms with van der Waals surface area (Å²) >= 11 is 0. The van der Waals surface area contributed by atoms with Crippen molar-refractivity contribution in [2.45, 2.75) is 63.8 Å². The van der Waals surface area contributed by atoms with Crippen molar-refractivity contribution in [3.05, 3.63) is 77.9 Å². The van der Waals surface area contributed by atoms with E-state index in [1.165, 1.54) is 0 Å². The number of ketones is 1. The summed E-state index contributed by atoms with van der Waals surface area (Å²) in [5.74, 6) is -0.686. The minimum atomic E-state index is -1.04. The van der Waals surface area contributed by atoms with Gasteiger partial charge >= 0.3 is 0 Å². The van der Waals surface area contributed by atoms with Crippen molar-refractivity contribution >= 4 is 34.3 Å². The molecule has 0 radical (unpaired) electrons. The zero-order valence-electron chi connectivity index (χ0n) is 28.8. The Morgan fingerprint density at radius 3 is 2.12 bits per heavy atom. The molecule has 2 saturated heterocycles. The van der Waals surface area contributed by atoms with Crippen LogP contribution in [0.2, 0.25) is 0 Å². The van der Waals surface area contributed by atoms with Crippen molar-refractivity contribution in [3.63, 3.8) is 0 Å². The number of ether oxygens (including phenoxy) is 3. The lowest BCUT2D eigenvalue weighted by Crippen LogP contribution is -2.58. The molecule has 4 atom stereocenters. The maximum absolute atomic E-state index is 14.2. The molecule has 3 amide bonds. The minimum Gasteiger partial charge on any atom is -0.497 e. The maximum Gasteiger partial charge on any atom is 0.243 e. The topological polar surface area (TPSA) is 139 Å². The average molecular weight is 673 g/mol. The third-order valence-electron chi connectivity index (χ3n) is 9.10. The number of methoxy groups -OCH3 is 1. The van der Waals surface area contributed by atoms with Crippen molar-refractivity contribution in [3.8, 4) is 5.75 Å². The number of epoxide rings is 1. The first-order valence-corrected chi connectivity index (χ1v) is 17.0. The fourth-order valence-electron chi connectivity index (χ4n) is 6.18. The van der Waals surface area contributed by atoms with Crippen molar-refractivity contribution in [1.82, 2.24) is 20.9 Å². The normalized spacial score (nSPS) is 19.4. The van der Waals surface area contributed by atoms with Gasteiger partial charge in [0.15, 0.2) is 5.78 Å². The van der Waals surface area contributed by atoms with E-state index < -0.39 is 35.5 Å². The number of rotatable bonds is 16. The van der Waals surface area contributed by atoms with Gasteiger partial charge in [0, 0.05) is 25.9 Å². The molecule has 0 unspecified atom stereocenters. The van der Waals surface area contributed by atoms with Gasteiger partial charge in [-0.15, -0.1) is 0 Å². The first-order valence-electron chi connectivity index (χ1n) is 17.0. The van der Waals surface area contributed by atoms with Crippen LogP contribution in [0.25, 0.3) is 10.8 Å². The number of benzene rings is 3. The van der Waals surface area contributed by atoms with Crippen molar-refractivity contribution < 1.29 is 33.4 Å². The second-order valence-corrected chi connectivity index (χ2v) is 13.5. The highest BCUT2D eigenvalue weighted by Gasteiger charge is 2.50. The van der Waals surface area contributed by atoms with Gasteiger partial charge in [0.25, 0.3) is 0 Å². The van der Waals surface area contributed by atoms with Crippen LogP contribution >= 0.6 is 0 Å². The van der Waals surface area contributed by atoms with Crippen molar-refractivity contribution in [1.29, 1.82) is 0 Å². The summed E-state index contributed by atoms with van der Waals surface area (Å²) in [5.41, 5.74) is 0.754. The second kappa shape index (κ2) is 16.4. The Hall–Kier alpha value is -4.32. The van der Waals surface area contributed by atoms with Crippen LogP contribution in [0.15, 0.2) is 66.7 Å². The van der Waals surface area contributed by atoms with E-state index in [2.05, 4.69) is 16.0 Å². The lowest BCUT2D eigenvalue weighted by Gasteiger charge is -2.28. The van der Waals surface area contributed by atoms with Gasteiger partial charge in [-0.05, 0) is 53.3 Å². The Morgan fingerprint density at radius 2 is 1.47 bits per heavy atom. The van der Waals surface area contributed by atoms with E-state index in [1.807, 2.05) is 73.3 Å². The summed E-state index contributed by atoms with van der Waals surface area (Å²) in [6, 6.07) is 18.2. The van der Waals surface area contributed by atoms with Gasteiger partial charge in [0.05, 0.1) is 39.5 Å². The van der Waals surface area contributed by atoms with E-state index in [9.17, 15) is 19.2 Å². The first kappa shape index (κ1) is 36.0. The summed E-state index contributed by atoms with van der Waals surface area (Å²) < 4.78 is 16.1. The molecule has 262 valence electrons. The van der Waals surface area contributed by atoms with Crippen LogP contribution in [0.1, 0.15) is 38.3 Å². The zero-order chi connectivity index (χ0) is 35.0. The van der Waals surface area contributed by atoms with E-state index in [0.717, 1.165) is 21.9 Å². The highest BCUT2D eigenvalue weighted by atomic mass is 16.6. The largest absolute Gasteiger partial charge is 0.497 e. The van der Waals surface area contributed by atoms with Crippen LogP contribution in [0.5, 0.6) is 5.75 Å². The van der Waals surface area contributed by atoms with E-state index in [-0.39, 0.29) is 37.0 Å². The summed E-state index contributed by atoms with van der Waals surface area (Å²) in [4.78, 5) is 57.0. The Labute approximate surface area is 288 Å². The molecule has 3 aromatic carbocycles. The van der Waals surface area contributed by atoms with Crippen LogP contribution in [0.4, 0.5) is 0 Å². The van der Waals surface area contributed by atoms with Crippen LogP contribution in [0.3, 0.4) is 0 Å². The van der Waals surface area contributed by atoms with Gasteiger partial charge in [0.2, 0.25) is 17.7 Å². The van der Waals surface area contributed by atoms with Crippen LogP contribution < -0.4 is 20.7 Å². The number of nitrogens with zero attached hydrogens (tertiary/aromatic N) is 1. The molecule has 0 aromatic heterocycles. The molecule has 11 nitrogen and oxygen atoms in total. The fraction of sp³-hybridized carbons (Fsp3) is 0.474. The number of amides is 3. The van der Waals surface area contributed by atoms with Gasteiger partial charge in [-0.3, -0.25) is 24.1 Å². The molecule has 5 rings (SSSR count). The van der Waals surface area contributed by atoms with Crippen LogP contribution in [-0.4, -0.2) is 98.7 Å². The predicted octanol–water partition coefficient (Wildman–Crippen LogP) is 2.82. The Kier molecular flexibility index (Phi) is 12.0. The molecule has 11 heteroatoms. The second-order valence-electron chi connectivity index (χ2n) is 13.5. The SMILES string of the molecule is COc1ccc(C[C@H](NC(=O)[C@H](Cc2cccc3ccccc23)NC(=O)CN2CCOCC2)C(=O)N[C@@H](CC(C)C)C(=O)[C@@]2(C)CO2)cc1. The highest BCUT2D eigenvalue weighted by Crippen LogP contribution is 2.30. The maximum atomic E-state index is 14.2. The van der Waals surface area contributed by atoms with Crippen molar-refractivity contribution in [2.24, 2.45) is 5.92 Å². The molecular weight excluding hydrogens is 624 g/mol. The summed E-state index contributed by atoms with van der Waals surface area (Å²) in [5, 5.41) is 10.8. The van der Waals surface area contributed by atoms with Crippen molar-refractivity contribution in [2.75, 3.05) is 46.6 Å². The average Bonchev–Trinajstić information content (AvgIpc) is 3.85. The van der Waals surface area contributed by atoms with Crippen LogP contribution in [0, 0.1) is 5.92 Å². The summed E-state index contributed by atoms with van der Waals surface area (Å²) in [6.45, 7) is 8.45. The third kappa shape index (κ3) is 9.87. The lowest BCUT2D eigenvalue weighted by atomic mass is 9.93. The summed E-state index contributed by atoms with van der Waals surface area (Å²) in [7, 11) is 1.57.